The maximum Gasteiger partial charge on any atom is 2.00 e. The van der Waals surface area contributed by atoms with Crippen LogP contribution in [0.2, 0.25) is 5.02 Å². The first-order chi connectivity index (χ1) is 5.89. The zero-order valence-electron chi connectivity index (χ0n) is 6.93. The van der Waals surface area contributed by atoms with Crippen molar-refractivity contribution in [3.63, 3.8) is 0 Å². The van der Waals surface area contributed by atoms with Gasteiger partial charge >= 0.3 is 17.1 Å². The van der Waals surface area contributed by atoms with Crippen molar-refractivity contribution in [2.75, 3.05) is 0 Å². The van der Waals surface area contributed by atoms with Gasteiger partial charge < -0.3 is 0 Å². The van der Waals surface area contributed by atoms with E-state index in [0.29, 0.717) is 0 Å². The van der Waals surface area contributed by atoms with Crippen LogP contribution in [-0.2, 0) is 17.1 Å². The first-order valence-electron chi connectivity index (χ1n) is 3.68. The SMILES string of the molecule is Clc1cc[c-]cc1.[Fe+2].c1cc[cH-]c1. The van der Waals surface area contributed by atoms with E-state index < -0.39 is 0 Å². The van der Waals surface area contributed by atoms with E-state index >= 15 is 0 Å². The Morgan fingerprint density at radius 2 is 1.62 bits per heavy atom. The summed E-state index contributed by atoms with van der Waals surface area (Å²) in [6.07, 6.45) is 0. The number of benzene rings is 1. The first kappa shape index (κ1) is 12.4. The van der Waals surface area contributed by atoms with Gasteiger partial charge in [-0.15, -0.1) is 11.6 Å². The van der Waals surface area contributed by atoms with Crippen LogP contribution in [0.5, 0.6) is 0 Å². The molecule has 0 N–H and O–H groups in total. The second kappa shape index (κ2) is 8.00. The Hall–Kier alpha value is -0.621. The monoisotopic (exact) mass is 232 g/mol. The molecule has 2 aromatic carbocycles. The van der Waals surface area contributed by atoms with Gasteiger partial charge in [0.15, 0.2) is 0 Å². The van der Waals surface area contributed by atoms with Gasteiger partial charge in [-0.2, -0.15) is 48.5 Å². The van der Waals surface area contributed by atoms with Crippen LogP contribution in [0.4, 0.5) is 0 Å². The van der Waals surface area contributed by atoms with E-state index in [1.54, 1.807) is 24.3 Å². The summed E-state index contributed by atoms with van der Waals surface area (Å²) < 4.78 is 0. The molecule has 0 aromatic heterocycles. The smallest absolute Gasteiger partial charge is 0.214 e. The normalized spacial score (nSPS) is 7.77. The maximum absolute atomic E-state index is 5.52. The molecule has 0 nitrogen and oxygen atoms in total. The van der Waals surface area contributed by atoms with Crippen LogP contribution in [0.25, 0.3) is 0 Å². The topological polar surface area (TPSA) is 0 Å². The minimum atomic E-state index is 0. The van der Waals surface area contributed by atoms with Crippen molar-refractivity contribution >= 4 is 11.6 Å². The third kappa shape index (κ3) is 6.53. The van der Waals surface area contributed by atoms with E-state index in [2.05, 4.69) is 6.07 Å². The van der Waals surface area contributed by atoms with Crippen molar-refractivity contribution in [2.45, 2.75) is 0 Å². The fourth-order valence-electron chi connectivity index (χ4n) is 0.687. The van der Waals surface area contributed by atoms with Gasteiger partial charge in [0.05, 0.1) is 0 Å². The van der Waals surface area contributed by atoms with Crippen LogP contribution in [-0.4, -0.2) is 0 Å². The molecule has 0 amide bonds. The zero-order chi connectivity index (χ0) is 8.65. The second-order valence-corrected chi connectivity index (χ2v) is 2.62. The van der Waals surface area contributed by atoms with E-state index in [9.17, 15) is 0 Å². The van der Waals surface area contributed by atoms with E-state index in [0.717, 1.165) is 5.02 Å². The number of rotatable bonds is 0. The maximum atomic E-state index is 5.52. The second-order valence-electron chi connectivity index (χ2n) is 2.18. The molecular formula is C11H9ClFe. The molecule has 0 saturated carbocycles. The molecule has 13 heavy (non-hydrogen) atoms. The van der Waals surface area contributed by atoms with Crippen LogP contribution in [0, 0.1) is 6.07 Å². The van der Waals surface area contributed by atoms with Gasteiger partial charge in [0.2, 0.25) is 0 Å². The molecule has 2 rings (SSSR count). The average Bonchev–Trinajstić information content (AvgIpc) is 2.62. The Kier molecular flexibility index (Phi) is 7.62. The Balaban J connectivity index is 0.000000215. The fourth-order valence-corrected chi connectivity index (χ4v) is 0.813. The van der Waals surface area contributed by atoms with Crippen molar-refractivity contribution in [1.82, 2.24) is 0 Å². The Labute approximate surface area is 94.4 Å². The number of hydrogen-bond acceptors (Lipinski definition) is 0. The van der Waals surface area contributed by atoms with Gasteiger partial charge in [-0.05, 0) is 0 Å². The molecule has 0 unspecified atom stereocenters. The predicted molar refractivity (Wildman–Crippen MR) is 52.3 cm³/mol. The molecule has 2 aromatic rings. The quantitative estimate of drug-likeness (QED) is 0.481. The molecule has 0 atom stereocenters. The van der Waals surface area contributed by atoms with Crippen molar-refractivity contribution in [3.8, 4) is 0 Å². The number of hydrogen-bond donors (Lipinski definition) is 0. The van der Waals surface area contributed by atoms with Gasteiger partial charge in [-0.3, -0.25) is 0 Å². The van der Waals surface area contributed by atoms with Crippen LogP contribution in [0.1, 0.15) is 0 Å². The van der Waals surface area contributed by atoms with Gasteiger partial charge in [0.25, 0.3) is 0 Å². The summed E-state index contributed by atoms with van der Waals surface area (Å²) >= 11 is 5.52. The average molecular weight is 232 g/mol. The van der Waals surface area contributed by atoms with Crippen molar-refractivity contribution < 1.29 is 17.1 Å². The Morgan fingerprint density at radius 1 is 1.08 bits per heavy atom. The molecule has 0 bridgehead atoms. The minimum absolute atomic E-state index is 0. The molecule has 0 heterocycles. The molecule has 68 valence electrons. The van der Waals surface area contributed by atoms with Crippen molar-refractivity contribution in [1.29, 1.82) is 0 Å². The van der Waals surface area contributed by atoms with Crippen LogP contribution in [0.15, 0.2) is 54.6 Å². The van der Waals surface area contributed by atoms with Crippen molar-refractivity contribution in [2.24, 2.45) is 0 Å². The molecule has 0 saturated heterocycles. The van der Waals surface area contributed by atoms with Gasteiger partial charge in [0, 0.05) is 0 Å². The van der Waals surface area contributed by atoms with Crippen LogP contribution >= 0.6 is 11.6 Å². The summed E-state index contributed by atoms with van der Waals surface area (Å²) in [5.41, 5.74) is 0. The summed E-state index contributed by atoms with van der Waals surface area (Å²) in [6, 6.07) is 20.0. The van der Waals surface area contributed by atoms with E-state index in [1.807, 2.05) is 30.3 Å². The van der Waals surface area contributed by atoms with Gasteiger partial charge in [0.1, 0.15) is 0 Å². The summed E-state index contributed by atoms with van der Waals surface area (Å²) in [7, 11) is 0. The van der Waals surface area contributed by atoms with Gasteiger partial charge in [-0.1, -0.05) is 5.02 Å². The van der Waals surface area contributed by atoms with Crippen LogP contribution < -0.4 is 0 Å². The Bertz CT molecular complexity index is 259. The third-order valence-corrected chi connectivity index (χ3v) is 1.49. The Morgan fingerprint density at radius 3 is 1.85 bits per heavy atom. The molecule has 0 aliphatic heterocycles. The summed E-state index contributed by atoms with van der Waals surface area (Å²) in [5.74, 6) is 0. The standard InChI is InChI=1S/C6H4Cl.C5H5.Fe/c7-6-4-2-1-3-5-6;1-2-4-5-3-1;/h2-5H;1-5H;/q2*-1;+2. The first-order valence-corrected chi connectivity index (χ1v) is 4.05. The predicted octanol–water partition coefficient (Wildman–Crippen LogP) is 3.54. The van der Waals surface area contributed by atoms with E-state index in [1.165, 1.54) is 0 Å². The molecule has 0 radical (unpaired) electrons. The zero-order valence-corrected chi connectivity index (χ0v) is 8.79. The fraction of sp³-hybridized carbons (Fsp3) is 0. The molecule has 0 spiro atoms. The summed E-state index contributed by atoms with van der Waals surface area (Å²) in [6.45, 7) is 0. The molecule has 0 aliphatic carbocycles. The summed E-state index contributed by atoms with van der Waals surface area (Å²) in [4.78, 5) is 0. The minimum Gasteiger partial charge on any atom is -0.214 e. The number of halogens is 1. The van der Waals surface area contributed by atoms with Gasteiger partial charge in [-0.25, -0.2) is 12.1 Å². The molecular weight excluding hydrogens is 223 g/mol. The van der Waals surface area contributed by atoms with E-state index in [4.69, 9.17) is 11.6 Å². The van der Waals surface area contributed by atoms with Crippen molar-refractivity contribution in [3.05, 3.63) is 65.7 Å². The van der Waals surface area contributed by atoms with E-state index in [-0.39, 0.29) is 17.1 Å². The molecule has 0 fully saturated rings. The van der Waals surface area contributed by atoms with Crippen LogP contribution in [0.3, 0.4) is 0 Å². The third-order valence-electron chi connectivity index (χ3n) is 1.23. The largest absolute Gasteiger partial charge is 2.00 e. The summed E-state index contributed by atoms with van der Waals surface area (Å²) in [5, 5.41) is 0.763. The molecule has 0 aliphatic rings. The molecule has 2 heteroatoms.